The number of β-lactam (4-membered cyclic amide) rings is 2. The monoisotopic (exact) mass is 497 g/mol. The van der Waals surface area contributed by atoms with E-state index in [1.54, 1.807) is 13.8 Å². The third kappa shape index (κ3) is 3.07. The number of nitrogens with two attached hydrogens (primary N) is 1. The van der Waals surface area contributed by atoms with E-state index in [1.807, 2.05) is 0 Å². The lowest BCUT2D eigenvalue weighted by molar-refractivity contribution is -0.181. The highest BCUT2D eigenvalue weighted by Crippen LogP contribution is 2.50. The number of amides is 2. The fourth-order valence-corrected chi connectivity index (χ4v) is 8.22. The van der Waals surface area contributed by atoms with E-state index in [2.05, 4.69) is 0 Å². The minimum atomic E-state index is -3.74. The van der Waals surface area contributed by atoms with Gasteiger partial charge in [0.1, 0.15) is 28.9 Å². The first-order valence-electron chi connectivity index (χ1n) is 9.37. The predicted octanol–water partition coefficient (Wildman–Crippen LogP) is -1.02. The van der Waals surface area contributed by atoms with Crippen LogP contribution in [0.15, 0.2) is 0 Å². The maximum atomic E-state index is 12.6. The summed E-state index contributed by atoms with van der Waals surface area (Å²) in [5, 5.41) is -1.35. The van der Waals surface area contributed by atoms with Crippen LogP contribution in [0.5, 0.6) is 0 Å². The van der Waals surface area contributed by atoms with Gasteiger partial charge in [0.2, 0.25) is 18.6 Å². The molecule has 0 saturated carbocycles. The van der Waals surface area contributed by atoms with Crippen LogP contribution >= 0.6 is 24.2 Å². The van der Waals surface area contributed by atoms with E-state index in [4.69, 9.17) is 15.2 Å². The number of thioether (sulfide) groups is 1. The second-order valence-corrected chi connectivity index (χ2v) is 13.3. The molecule has 4 rings (SSSR count). The Kier molecular flexibility index (Phi) is 5.61. The Morgan fingerprint density at radius 3 is 2.19 bits per heavy atom. The maximum absolute atomic E-state index is 12.6. The average Bonchev–Trinajstić information content (AvgIpc) is 2.97. The van der Waals surface area contributed by atoms with E-state index in [1.165, 1.54) is 30.5 Å². The number of hydrogen-bond donors (Lipinski definition) is 1. The first-order chi connectivity index (χ1) is 13.7. The largest absolute Gasteiger partial charge is 0.426 e. The van der Waals surface area contributed by atoms with Crippen molar-refractivity contribution in [3.63, 3.8) is 0 Å². The van der Waals surface area contributed by atoms with Gasteiger partial charge < -0.3 is 25.0 Å². The summed E-state index contributed by atoms with van der Waals surface area (Å²) in [5.41, 5.74) is 5.77. The van der Waals surface area contributed by atoms with E-state index in [0.29, 0.717) is 0 Å². The molecule has 4 aliphatic heterocycles. The molecule has 0 aromatic heterocycles. The minimum absolute atomic E-state index is 0. The van der Waals surface area contributed by atoms with Gasteiger partial charge in [0.05, 0.1) is 11.2 Å². The van der Waals surface area contributed by atoms with Gasteiger partial charge in [-0.25, -0.2) is 18.0 Å². The summed E-state index contributed by atoms with van der Waals surface area (Å²) in [6.45, 7) is 5.55. The summed E-state index contributed by atoms with van der Waals surface area (Å²) < 4.78 is 33.0. The number of fused-ring (bicyclic) bond motifs is 2. The van der Waals surface area contributed by atoms with Crippen LogP contribution in [0.4, 0.5) is 0 Å². The first kappa shape index (κ1) is 24.1. The molecule has 11 nitrogen and oxygen atoms in total. The number of hydrogen-bond acceptors (Lipinski definition) is 10. The Hall–Kier alpha value is -1.57. The predicted molar refractivity (Wildman–Crippen MR) is 110 cm³/mol. The van der Waals surface area contributed by atoms with E-state index in [9.17, 15) is 27.6 Å². The molecule has 0 radical (unpaired) electrons. The summed E-state index contributed by atoms with van der Waals surface area (Å²) in [5.74, 6) is -2.51. The van der Waals surface area contributed by atoms with Crippen molar-refractivity contribution >= 4 is 57.8 Å². The van der Waals surface area contributed by atoms with Gasteiger partial charge in [0.25, 0.3) is 0 Å². The Morgan fingerprint density at radius 2 is 1.65 bits per heavy atom. The highest BCUT2D eigenvalue weighted by Gasteiger charge is 2.68. The Morgan fingerprint density at radius 1 is 1.10 bits per heavy atom. The van der Waals surface area contributed by atoms with Crippen LogP contribution in [0.3, 0.4) is 0 Å². The molecule has 0 aliphatic carbocycles. The van der Waals surface area contributed by atoms with Crippen LogP contribution in [0.25, 0.3) is 0 Å². The molecule has 14 heteroatoms. The highest BCUT2D eigenvalue weighted by atomic mass is 35.5. The molecular weight excluding hydrogens is 474 g/mol. The molecule has 0 aromatic rings. The Labute approximate surface area is 189 Å². The summed E-state index contributed by atoms with van der Waals surface area (Å²) in [6, 6.07) is -2.87. The van der Waals surface area contributed by atoms with Crippen LogP contribution < -0.4 is 5.73 Å². The number of carbonyl (C=O) groups is 4. The number of esters is 2. The summed E-state index contributed by atoms with van der Waals surface area (Å²) >= 11 is 1.39. The molecular formula is C17H24ClN3O8S2. The fourth-order valence-electron chi connectivity index (χ4n) is 4.54. The van der Waals surface area contributed by atoms with Crippen LogP contribution in [-0.4, -0.2) is 87.1 Å². The number of sulfone groups is 1. The van der Waals surface area contributed by atoms with Crippen LogP contribution in [0, 0.1) is 0 Å². The fraction of sp³-hybridized carbons (Fsp3) is 0.765. The van der Waals surface area contributed by atoms with Crippen LogP contribution in [0.1, 0.15) is 34.1 Å². The molecule has 5 atom stereocenters. The van der Waals surface area contributed by atoms with Crippen molar-refractivity contribution in [1.29, 1.82) is 0 Å². The maximum Gasteiger partial charge on any atom is 0.333 e. The third-order valence-electron chi connectivity index (χ3n) is 6.31. The van der Waals surface area contributed by atoms with Gasteiger partial charge in [-0.05, 0) is 27.7 Å². The smallest absolute Gasteiger partial charge is 0.333 e. The first-order valence-corrected chi connectivity index (χ1v) is 11.8. The van der Waals surface area contributed by atoms with Crippen molar-refractivity contribution in [2.75, 3.05) is 6.79 Å². The second-order valence-electron chi connectivity index (χ2n) is 8.84. The zero-order valence-corrected chi connectivity index (χ0v) is 19.7. The summed E-state index contributed by atoms with van der Waals surface area (Å²) in [6.07, 6.45) is -0.161. The zero-order chi connectivity index (χ0) is 22.4. The molecule has 4 heterocycles. The van der Waals surface area contributed by atoms with Gasteiger partial charge in [0.15, 0.2) is 9.84 Å². The van der Waals surface area contributed by atoms with Crippen molar-refractivity contribution in [3.8, 4) is 0 Å². The van der Waals surface area contributed by atoms with E-state index >= 15 is 0 Å². The van der Waals surface area contributed by atoms with Crippen molar-refractivity contribution in [2.24, 2.45) is 5.73 Å². The molecule has 4 fully saturated rings. The van der Waals surface area contributed by atoms with E-state index < -0.39 is 67.5 Å². The summed E-state index contributed by atoms with van der Waals surface area (Å²) in [4.78, 5) is 51.5. The molecule has 31 heavy (non-hydrogen) atoms. The van der Waals surface area contributed by atoms with Gasteiger partial charge in [-0.3, -0.25) is 9.59 Å². The number of carbonyl (C=O) groups excluding carboxylic acids is 4. The molecule has 4 aliphatic rings. The minimum Gasteiger partial charge on any atom is -0.426 e. The number of nitrogens with zero attached hydrogens (tertiary/aromatic N) is 2. The van der Waals surface area contributed by atoms with Crippen molar-refractivity contribution in [1.82, 2.24) is 9.80 Å². The van der Waals surface area contributed by atoms with Gasteiger partial charge in [-0.2, -0.15) is 0 Å². The molecule has 0 aromatic carbocycles. The van der Waals surface area contributed by atoms with E-state index in [0.717, 1.165) is 4.90 Å². The molecule has 174 valence electrons. The lowest BCUT2D eigenvalue weighted by Crippen LogP contribution is -2.68. The zero-order valence-electron chi connectivity index (χ0n) is 17.3. The topological polar surface area (TPSA) is 153 Å². The highest BCUT2D eigenvalue weighted by molar-refractivity contribution is 8.01. The number of halogens is 1. The van der Waals surface area contributed by atoms with Gasteiger partial charge in [-0.15, -0.1) is 24.2 Å². The summed E-state index contributed by atoms with van der Waals surface area (Å²) in [7, 11) is -3.74. The van der Waals surface area contributed by atoms with Crippen molar-refractivity contribution in [3.05, 3.63) is 0 Å². The van der Waals surface area contributed by atoms with Crippen LogP contribution in [0.2, 0.25) is 0 Å². The normalized spacial score (nSPS) is 35.8. The van der Waals surface area contributed by atoms with Crippen LogP contribution in [-0.2, 0) is 38.5 Å². The van der Waals surface area contributed by atoms with Crippen molar-refractivity contribution < 1.29 is 37.1 Å². The second kappa shape index (κ2) is 7.22. The van der Waals surface area contributed by atoms with Gasteiger partial charge in [-0.1, -0.05) is 0 Å². The quantitative estimate of drug-likeness (QED) is 0.290. The lowest BCUT2D eigenvalue weighted by atomic mass is 9.96. The molecule has 2 amide bonds. The lowest BCUT2D eigenvalue weighted by Gasteiger charge is -2.41. The third-order valence-corrected chi connectivity index (χ3v) is 10.7. The average molecular weight is 498 g/mol. The van der Waals surface area contributed by atoms with Gasteiger partial charge in [0, 0.05) is 4.75 Å². The number of rotatable bonds is 4. The number of ether oxygens (including phenoxy) is 2. The SMILES string of the molecule is CC1(C)S[C@@H]2[C@@H](N)C(=O)N2[C@H]1C(=O)OCOC(=O)[C@@H]1N2C(=O)C[C@H]2S(=O)(=O)C1(C)C.Cl. The van der Waals surface area contributed by atoms with Gasteiger partial charge >= 0.3 is 11.9 Å². The molecule has 4 saturated heterocycles. The molecule has 0 unspecified atom stereocenters. The standard InChI is InChI=1S/C17H23N3O8S2.ClH/c1-16(2)10(20-12(22)9(18)13(20)29-16)14(23)27-6-28-15(24)11-17(3,4)30(25,26)8-5-7(21)19(8)11;/h8-11,13H,5-6,18H2,1-4H3;1H/t8-,9+,10+,11+,13-;/m1./s1. The molecule has 2 N–H and O–H groups in total. The molecule has 0 spiro atoms. The van der Waals surface area contributed by atoms with Crippen molar-refractivity contribution in [2.45, 2.75) is 72.5 Å². The molecule has 0 bridgehead atoms. The van der Waals surface area contributed by atoms with E-state index in [-0.39, 0.29) is 30.1 Å². The Balaban J connectivity index is 0.00000272. The Bertz CT molecular complexity index is 968.